The molecule has 1 N–H and O–H groups in total. The molecular formula is C8H8N4O. The number of aromatic amines is 1. The zero-order valence-corrected chi connectivity index (χ0v) is 6.90. The monoisotopic (exact) mass is 176 g/mol. The lowest BCUT2D eigenvalue weighted by atomic mass is 10.3. The molecule has 1 saturated carbocycles. The van der Waals surface area contributed by atoms with Crippen molar-refractivity contribution in [1.82, 2.24) is 19.6 Å². The zero-order valence-electron chi connectivity index (χ0n) is 6.90. The molecule has 66 valence electrons. The zero-order chi connectivity index (χ0) is 8.84. The van der Waals surface area contributed by atoms with Gasteiger partial charge < -0.3 is 0 Å². The third kappa shape index (κ3) is 0.965. The van der Waals surface area contributed by atoms with Crippen LogP contribution < -0.4 is 5.56 Å². The first-order valence-electron chi connectivity index (χ1n) is 4.27. The van der Waals surface area contributed by atoms with Crippen LogP contribution in [0.4, 0.5) is 0 Å². The lowest BCUT2D eigenvalue weighted by Crippen LogP contribution is -2.11. The molecule has 1 fully saturated rings. The Labute approximate surface area is 73.4 Å². The Morgan fingerprint density at radius 1 is 1.54 bits per heavy atom. The Morgan fingerprint density at radius 2 is 2.38 bits per heavy atom. The molecule has 5 heteroatoms. The number of hydrogen-bond acceptors (Lipinski definition) is 3. The van der Waals surface area contributed by atoms with Gasteiger partial charge in [-0.05, 0) is 12.8 Å². The van der Waals surface area contributed by atoms with Crippen LogP contribution in [-0.4, -0.2) is 19.6 Å². The van der Waals surface area contributed by atoms with Gasteiger partial charge in [0.2, 0.25) is 5.78 Å². The first-order chi connectivity index (χ1) is 6.34. The summed E-state index contributed by atoms with van der Waals surface area (Å²) in [5.74, 6) is 1.04. The van der Waals surface area contributed by atoms with Gasteiger partial charge in [0.15, 0.2) is 0 Å². The van der Waals surface area contributed by atoms with Crippen LogP contribution in [0, 0.1) is 0 Å². The van der Waals surface area contributed by atoms with Crippen LogP contribution in [0.15, 0.2) is 17.2 Å². The fraction of sp³-hybridized carbons (Fsp3) is 0.375. The van der Waals surface area contributed by atoms with E-state index < -0.39 is 0 Å². The number of aromatic nitrogens is 4. The molecule has 0 radical (unpaired) electrons. The van der Waals surface area contributed by atoms with Gasteiger partial charge >= 0.3 is 0 Å². The number of rotatable bonds is 1. The van der Waals surface area contributed by atoms with Crippen molar-refractivity contribution in [2.45, 2.75) is 18.8 Å². The van der Waals surface area contributed by atoms with Crippen molar-refractivity contribution in [2.75, 3.05) is 0 Å². The predicted molar refractivity (Wildman–Crippen MR) is 45.6 cm³/mol. The summed E-state index contributed by atoms with van der Waals surface area (Å²) in [6.45, 7) is 0. The van der Waals surface area contributed by atoms with Crippen molar-refractivity contribution < 1.29 is 0 Å². The molecule has 0 aliphatic heterocycles. The predicted octanol–water partition coefficient (Wildman–Crippen LogP) is 0.295. The van der Waals surface area contributed by atoms with E-state index in [4.69, 9.17) is 0 Å². The molecule has 5 nitrogen and oxygen atoms in total. The Hall–Kier alpha value is -1.65. The average molecular weight is 176 g/mol. The van der Waals surface area contributed by atoms with Gasteiger partial charge in [-0.1, -0.05) is 0 Å². The van der Waals surface area contributed by atoms with E-state index in [1.807, 2.05) is 0 Å². The van der Waals surface area contributed by atoms with E-state index >= 15 is 0 Å². The van der Waals surface area contributed by atoms with Crippen LogP contribution in [0.2, 0.25) is 0 Å². The number of H-pyrrole nitrogens is 1. The van der Waals surface area contributed by atoms with Crippen LogP contribution in [0.1, 0.15) is 24.5 Å². The van der Waals surface area contributed by atoms with Crippen LogP contribution in [-0.2, 0) is 0 Å². The first-order valence-corrected chi connectivity index (χ1v) is 4.27. The van der Waals surface area contributed by atoms with Crippen LogP contribution >= 0.6 is 0 Å². The summed E-state index contributed by atoms with van der Waals surface area (Å²) >= 11 is 0. The summed E-state index contributed by atoms with van der Waals surface area (Å²) in [5.41, 5.74) is 0.888. The van der Waals surface area contributed by atoms with Gasteiger partial charge in [-0.2, -0.15) is 10.1 Å². The Kier molecular flexibility index (Phi) is 1.15. The average Bonchev–Trinajstić information content (AvgIpc) is 2.84. The second-order valence-electron chi connectivity index (χ2n) is 3.33. The van der Waals surface area contributed by atoms with Gasteiger partial charge in [0.25, 0.3) is 5.56 Å². The molecule has 2 aromatic rings. The summed E-state index contributed by atoms with van der Waals surface area (Å²) in [7, 11) is 0. The third-order valence-electron chi connectivity index (χ3n) is 2.30. The van der Waals surface area contributed by atoms with Crippen LogP contribution in [0.5, 0.6) is 0 Å². The Bertz CT molecular complexity index is 508. The van der Waals surface area contributed by atoms with Gasteiger partial charge in [0.1, 0.15) is 6.33 Å². The second-order valence-corrected chi connectivity index (χ2v) is 3.33. The summed E-state index contributed by atoms with van der Waals surface area (Å²) in [6, 6.07) is 1.61. The summed E-state index contributed by atoms with van der Waals surface area (Å²) in [6.07, 6.45) is 3.76. The first kappa shape index (κ1) is 6.82. The second kappa shape index (κ2) is 2.18. The molecule has 1 aliphatic carbocycles. The van der Waals surface area contributed by atoms with E-state index in [9.17, 15) is 4.79 Å². The molecule has 13 heavy (non-hydrogen) atoms. The fourth-order valence-electron chi connectivity index (χ4n) is 1.53. The van der Waals surface area contributed by atoms with Crippen LogP contribution in [0.3, 0.4) is 0 Å². The number of hydrogen-bond donors (Lipinski definition) is 1. The molecule has 2 heterocycles. The minimum absolute atomic E-state index is 0.0950. The SMILES string of the molecule is O=c1cc(C2CC2)n2ncnc2[nH]1. The van der Waals surface area contributed by atoms with Crippen molar-refractivity contribution in [3.63, 3.8) is 0 Å². The molecule has 3 rings (SSSR count). The highest BCUT2D eigenvalue weighted by Gasteiger charge is 2.27. The van der Waals surface area contributed by atoms with E-state index in [2.05, 4.69) is 15.1 Å². The normalized spacial score (nSPS) is 16.6. The third-order valence-corrected chi connectivity index (χ3v) is 2.30. The van der Waals surface area contributed by atoms with Gasteiger partial charge in [0, 0.05) is 12.0 Å². The van der Waals surface area contributed by atoms with E-state index in [-0.39, 0.29) is 5.56 Å². The maximum absolute atomic E-state index is 11.2. The fourth-order valence-corrected chi connectivity index (χ4v) is 1.53. The minimum Gasteiger partial charge on any atom is -0.291 e. The molecular weight excluding hydrogens is 168 g/mol. The van der Waals surface area contributed by atoms with Crippen molar-refractivity contribution >= 4 is 5.78 Å². The molecule has 0 spiro atoms. The van der Waals surface area contributed by atoms with Gasteiger partial charge in [-0.3, -0.25) is 9.78 Å². The van der Waals surface area contributed by atoms with Gasteiger partial charge in [0.05, 0.1) is 5.69 Å². The van der Waals surface area contributed by atoms with Crippen LogP contribution in [0.25, 0.3) is 5.78 Å². The van der Waals surface area contributed by atoms with E-state index in [1.54, 1.807) is 10.6 Å². The standard InChI is InChI=1S/C8H8N4O/c13-7-3-6(5-1-2-5)12-8(11-7)9-4-10-12/h3-5H,1-2H2,(H,9,10,11,13). The molecule has 1 aliphatic rings. The maximum Gasteiger partial charge on any atom is 0.252 e. The molecule has 2 aromatic heterocycles. The number of nitrogens with zero attached hydrogens (tertiary/aromatic N) is 3. The quantitative estimate of drug-likeness (QED) is 0.679. The molecule has 0 unspecified atom stereocenters. The maximum atomic E-state index is 11.2. The molecule has 0 atom stereocenters. The summed E-state index contributed by atoms with van der Waals surface area (Å²) in [4.78, 5) is 17.8. The largest absolute Gasteiger partial charge is 0.291 e. The highest BCUT2D eigenvalue weighted by molar-refractivity contribution is 5.29. The Morgan fingerprint density at radius 3 is 3.15 bits per heavy atom. The molecule has 0 aromatic carbocycles. The molecule has 0 bridgehead atoms. The van der Waals surface area contributed by atoms with Crippen molar-refractivity contribution in [3.8, 4) is 0 Å². The Balaban J connectivity index is 2.40. The van der Waals surface area contributed by atoms with Crippen molar-refractivity contribution in [1.29, 1.82) is 0 Å². The van der Waals surface area contributed by atoms with Gasteiger partial charge in [-0.15, -0.1) is 0 Å². The van der Waals surface area contributed by atoms with Crippen molar-refractivity contribution in [3.05, 3.63) is 28.4 Å². The number of nitrogens with one attached hydrogen (secondary N) is 1. The minimum atomic E-state index is -0.0950. The molecule has 0 saturated heterocycles. The van der Waals surface area contributed by atoms with Gasteiger partial charge in [-0.25, -0.2) is 4.52 Å². The van der Waals surface area contributed by atoms with E-state index in [0.29, 0.717) is 11.7 Å². The summed E-state index contributed by atoms with van der Waals surface area (Å²) < 4.78 is 1.71. The molecule has 0 amide bonds. The lowest BCUT2D eigenvalue weighted by Gasteiger charge is -1.99. The highest BCUT2D eigenvalue weighted by Crippen LogP contribution is 2.38. The highest BCUT2D eigenvalue weighted by atomic mass is 16.1. The number of fused-ring (bicyclic) bond motifs is 1. The van der Waals surface area contributed by atoms with Crippen molar-refractivity contribution in [2.24, 2.45) is 0 Å². The smallest absolute Gasteiger partial charge is 0.252 e. The summed E-state index contributed by atoms with van der Waals surface area (Å²) in [5, 5.41) is 4.06. The van der Waals surface area contributed by atoms with E-state index in [1.165, 1.54) is 6.33 Å². The lowest BCUT2D eigenvalue weighted by molar-refractivity contribution is 0.835. The van der Waals surface area contributed by atoms with E-state index in [0.717, 1.165) is 18.5 Å². The topological polar surface area (TPSA) is 63.1 Å².